The maximum absolute atomic E-state index is 3.64. The van der Waals surface area contributed by atoms with Gasteiger partial charge in [0, 0.05) is 0 Å². The minimum Gasteiger partial charge on any atom is -0.316 e. The summed E-state index contributed by atoms with van der Waals surface area (Å²) in [6.45, 7) is 2.65. The maximum atomic E-state index is 3.64. The van der Waals surface area contributed by atoms with Crippen molar-refractivity contribution in [1.82, 2.24) is 5.32 Å². The molecule has 3 rings (SSSR count). The molecule has 2 unspecified atom stereocenters. The molecule has 3 fully saturated rings. The van der Waals surface area contributed by atoms with Crippen LogP contribution in [0.25, 0.3) is 0 Å². The minimum absolute atomic E-state index is 1.06. The quantitative estimate of drug-likeness (QED) is 0.672. The van der Waals surface area contributed by atoms with Crippen LogP contribution in [0.1, 0.15) is 32.1 Å². The van der Waals surface area contributed by atoms with E-state index in [-0.39, 0.29) is 0 Å². The van der Waals surface area contributed by atoms with Gasteiger partial charge in [-0.15, -0.1) is 0 Å². The summed E-state index contributed by atoms with van der Waals surface area (Å²) in [6.07, 6.45) is 7.59. The third-order valence-corrected chi connectivity index (χ3v) is 4.09. The lowest BCUT2D eigenvalue weighted by molar-refractivity contribution is 0.523. The SMILES string of the molecule is C1CC2C(C1)C2CNCC1CC1. The molecule has 3 aliphatic rings. The van der Waals surface area contributed by atoms with Gasteiger partial charge < -0.3 is 5.32 Å². The van der Waals surface area contributed by atoms with Crippen molar-refractivity contribution in [3.05, 3.63) is 0 Å². The topological polar surface area (TPSA) is 12.0 Å². The van der Waals surface area contributed by atoms with E-state index in [4.69, 9.17) is 0 Å². The number of rotatable bonds is 4. The molecule has 0 aromatic carbocycles. The van der Waals surface area contributed by atoms with Gasteiger partial charge in [-0.2, -0.15) is 0 Å². The number of hydrogen-bond acceptors (Lipinski definition) is 1. The molecule has 0 heterocycles. The molecule has 12 heavy (non-hydrogen) atoms. The van der Waals surface area contributed by atoms with Crippen molar-refractivity contribution in [3.8, 4) is 0 Å². The van der Waals surface area contributed by atoms with Crippen LogP contribution in [0, 0.1) is 23.7 Å². The predicted molar refractivity (Wildman–Crippen MR) is 49.9 cm³/mol. The van der Waals surface area contributed by atoms with Gasteiger partial charge >= 0.3 is 0 Å². The first-order valence-corrected chi connectivity index (χ1v) is 5.66. The molecule has 0 bridgehead atoms. The lowest BCUT2D eigenvalue weighted by Gasteiger charge is -2.04. The lowest BCUT2D eigenvalue weighted by Crippen LogP contribution is -2.20. The van der Waals surface area contributed by atoms with Crippen molar-refractivity contribution in [1.29, 1.82) is 0 Å². The normalized spacial score (nSPS) is 44.5. The Labute approximate surface area is 74.9 Å². The summed E-state index contributed by atoms with van der Waals surface area (Å²) in [5.74, 6) is 4.45. The molecule has 1 heteroatoms. The molecule has 0 aromatic heterocycles. The average Bonchev–Trinajstić information content (AvgIpc) is 2.96. The fourth-order valence-corrected chi connectivity index (χ4v) is 3.05. The van der Waals surface area contributed by atoms with Crippen LogP contribution in [0.3, 0.4) is 0 Å². The average molecular weight is 165 g/mol. The van der Waals surface area contributed by atoms with Crippen LogP contribution in [0.15, 0.2) is 0 Å². The summed E-state index contributed by atoms with van der Waals surface area (Å²) in [5, 5.41) is 3.64. The van der Waals surface area contributed by atoms with Crippen LogP contribution in [-0.2, 0) is 0 Å². The monoisotopic (exact) mass is 165 g/mol. The van der Waals surface area contributed by atoms with Crippen molar-refractivity contribution >= 4 is 0 Å². The summed E-state index contributed by atoms with van der Waals surface area (Å²) in [5.41, 5.74) is 0. The van der Waals surface area contributed by atoms with Crippen LogP contribution in [0.2, 0.25) is 0 Å². The van der Waals surface area contributed by atoms with Gasteiger partial charge in [-0.3, -0.25) is 0 Å². The van der Waals surface area contributed by atoms with E-state index in [1.54, 1.807) is 12.8 Å². The Bertz CT molecular complexity index is 164. The zero-order valence-electron chi connectivity index (χ0n) is 7.76. The molecule has 1 N–H and O–H groups in total. The highest BCUT2D eigenvalue weighted by atomic mass is 14.9. The molecule has 0 amide bonds. The van der Waals surface area contributed by atoms with Gasteiger partial charge in [0.25, 0.3) is 0 Å². The highest BCUT2D eigenvalue weighted by Crippen LogP contribution is 2.57. The van der Waals surface area contributed by atoms with E-state index in [1.807, 2.05) is 0 Å². The van der Waals surface area contributed by atoms with Gasteiger partial charge in [0.1, 0.15) is 0 Å². The van der Waals surface area contributed by atoms with Gasteiger partial charge in [0.15, 0.2) is 0 Å². The highest BCUT2D eigenvalue weighted by Gasteiger charge is 2.51. The van der Waals surface area contributed by atoms with E-state index >= 15 is 0 Å². The summed E-state index contributed by atoms with van der Waals surface area (Å²) in [7, 11) is 0. The second-order valence-corrected chi connectivity index (χ2v) is 5.02. The van der Waals surface area contributed by atoms with E-state index in [0.29, 0.717) is 0 Å². The molecule has 0 aromatic rings. The Kier molecular flexibility index (Phi) is 1.68. The van der Waals surface area contributed by atoms with Gasteiger partial charge in [0.2, 0.25) is 0 Å². The van der Waals surface area contributed by atoms with Crippen molar-refractivity contribution in [2.45, 2.75) is 32.1 Å². The molecule has 68 valence electrons. The first-order chi connectivity index (χ1) is 5.95. The van der Waals surface area contributed by atoms with Crippen LogP contribution in [0.5, 0.6) is 0 Å². The molecule has 3 saturated carbocycles. The first kappa shape index (κ1) is 7.37. The fourth-order valence-electron chi connectivity index (χ4n) is 3.05. The molecule has 0 radical (unpaired) electrons. The van der Waals surface area contributed by atoms with Gasteiger partial charge in [0.05, 0.1) is 0 Å². The Hall–Kier alpha value is -0.0400. The highest BCUT2D eigenvalue weighted by molar-refractivity contribution is 5.01. The standard InChI is InChI=1S/C11H19N/c1-2-9-10(3-1)11(9)7-12-6-8-4-5-8/h8-12H,1-7H2. The Morgan fingerprint density at radius 3 is 2.33 bits per heavy atom. The third kappa shape index (κ3) is 1.28. The largest absolute Gasteiger partial charge is 0.316 e. The first-order valence-electron chi connectivity index (χ1n) is 5.66. The number of nitrogens with one attached hydrogen (secondary N) is 1. The predicted octanol–water partition coefficient (Wildman–Crippen LogP) is 2.03. The summed E-state index contributed by atoms with van der Waals surface area (Å²) in [4.78, 5) is 0. The summed E-state index contributed by atoms with van der Waals surface area (Å²) in [6, 6.07) is 0. The van der Waals surface area contributed by atoms with E-state index < -0.39 is 0 Å². The Balaban J connectivity index is 1.35. The zero-order valence-corrected chi connectivity index (χ0v) is 7.76. The third-order valence-electron chi connectivity index (χ3n) is 4.09. The van der Waals surface area contributed by atoms with Gasteiger partial charge in [-0.25, -0.2) is 0 Å². The lowest BCUT2D eigenvalue weighted by atomic mass is 10.1. The second kappa shape index (κ2) is 2.73. The van der Waals surface area contributed by atoms with E-state index in [2.05, 4.69) is 5.32 Å². The number of hydrogen-bond donors (Lipinski definition) is 1. The second-order valence-electron chi connectivity index (χ2n) is 5.02. The van der Waals surface area contributed by atoms with Crippen LogP contribution in [0.4, 0.5) is 0 Å². The molecule has 2 atom stereocenters. The van der Waals surface area contributed by atoms with Crippen molar-refractivity contribution in [2.24, 2.45) is 23.7 Å². The summed E-state index contributed by atoms with van der Waals surface area (Å²) < 4.78 is 0. The van der Waals surface area contributed by atoms with Crippen molar-refractivity contribution in [3.63, 3.8) is 0 Å². The molecular weight excluding hydrogens is 146 g/mol. The minimum atomic E-state index is 1.06. The summed E-state index contributed by atoms with van der Waals surface area (Å²) >= 11 is 0. The van der Waals surface area contributed by atoms with Gasteiger partial charge in [-0.05, 0) is 62.4 Å². The molecule has 1 nitrogen and oxygen atoms in total. The Morgan fingerprint density at radius 1 is 0.917 bits per heavy atom. The molecular formula is C11H19N. The van der Waals surface area contributed by atoms with Crippen LogP contribution < -0.4 is 5.32 Å². The zero-order chi connectivity index (χ0) is 7.97. The van der Waals surface area contributed by atoms with E-state index in [0.717, 1.165) is 23.7 Å². The van der Waals surface area contributed by atoms with E-state index in [1.165, 1.54) is 32.4 Å². The van der Waals surface area contributed by atoms with Crippen molar-refractivity contribution in [2.75, 3.05) is 13.1 Å². The Morgan fingerprint density at radius 2 is 1.67 bits per heavy atom. The van der Waals surface area contributed by atoms with Gasteiger partial charge in [-0.1, -0.05) is 6.42 Å². The van der Waals surface area contributed by atoms with Crippen molar-refractivity contribution < 1.29 is 0 Å². The molecule has 0 aliphatic heterocycles. The molecule has 0 spiro atoms. The number of fused-ring (bicyclic) bond motifs is 1. The van der Waals surface area contributed by atoms with Crippen LogP contribution >= 0.6 is 0 Å². The molecule has 0 saturated heterocycles. The molecule has 3 aliphatic carbocycles. The maximum Gasteiger partial charge on any atom is -0.00149 e. The van der Waals surface area contributed by atoms with Crippen LogP contribution in [-0.4, -0.2) is 13.1 Å². The van der Waals surface area contributed by atoms with E-state index in [9.17, 15) is 0 Å². The fraction of sp³-hybridized carbons (Fsp3) is 1.00. The smallest absolute Gasteiger partial charge is 0.00149 e.